The molecular formula is C24H17FN6O. The second-order valence-electron chi connectivity index (χ2n) is 7.41. The van der Waals surface area contributed by atoms with E-state index in [-0.39, 0.29) is 11.6 Å². The average Bonchev–Trinajstić information content (AvgIpc) is 3.24. The van der Waals surface area contributed by atoms with Gasteiger partial charge in [-0.05, 0) is 36.2 Å². The Kier molecular flexibility index (Phi) is 4.64. The van der Waals surface area contributed by atoms with Crippen molar-refractivity contribution in [1.82, 2.24) is 19.4 Å². The summed E-state index contributed by atoms with van der Waals surface area (Å²) >= 11 is 0. The van der Waals surface area contributed by atoms with Crippen molar-refractivity contribution in [3.8, 4) is 17.2 Å². The third-order valence-corrected chi connectivity index (χ3v) is 5.44. The Morgan fingerprint density at radius 3 is 2.78 bits per heavy atom. The lowest BCUT2D eigenvalue weighted by molar-refractivity contribution is 0.618. The largest absolute Gasteiger partial charge is 0.363 e. The summed E-state index contributed by atoms with van der Waals surface area (Å²) in [5, 5.41) is 13.4. The molecule has 1 atom stereocenters. The van der Waals surface area contributed by atoms with Gasteiger partial charge in [0.25, 0.3) is 5.56 Å². The summed E-state index contributed by atoms with van der Waals surface area (Å²) in [6, 6.07) is 15.8. The van der Waals surface area contributed by atoms with Crippen LogP contribution in [0.5, 0.6) is 0 Å². The Balaban J connectivity index is 1.70. The number of rotatable bonds is 4. The van der Waals surface area contributed by atoms with Crippen molar-refractivity contribution in [3.05, 3.63) is 94.5 Å². The summed E-state index contributed by atoms with van der Waals surface area (Å²) in [5.41, 5.74) is 3.15. The number of anilines is 1. The molecule has 1 unspecified atom stereocenters. The lowest BCUT2D eigenvalue weighted by Gasteiger charge is -2.20. The van der Waals surface area contributed by atoms with Crippen LogP contribution in [0.15, 0.2) is 72.0 Å². The molecule has 0 saturated carbocycles. The van der Waals surface area contributed by atoms with Crippen molar-refractivity contribution in [3.63, 3.8) is 0 Å². The van der Waals surface area contributed by atoms with E-state index in [2.05, 4.69) is 26.3 Å². The highest BCUT2D eigenvalue weighted by atomic mass is 19.1. The molecule has 0 aliphatic rings. The van der Waals surface area contributed by atoms with Gasteiger partial charge >= 0.3 is 0 Å². The first kappa shape index (κ1) is 19.5. The summed E-state index contributed by atoms with van der Waals surface area (Å²) < 4.78 is 15.2. The molecule has 4 heterocycles. The van der Waals surface area contributed by atoms with Crippen molar-refractivity contribution in [2.24, 2.45) is 0 Å². The Morgan fingerprint density at radius 2 is 2.00 bits per heavy atom. The lowest BCUT2D eigenvalue weighted by Crippen LogP contribution is -2.21. The SMILES string of the molecule is CC(Nc1ncnc2[nH]cc(C#N)c12)c1cc2ccc(F)cn2c(=O)c1-c1ccccc1. The van der Waals surface area contributed by atoms with E-state index < -0.39 is 5.82 Å². The first-order valence-corrected chi connectivity index (χ1v) is 9.96. The number of nitriles is 1. The number of pyridine rings is 2. The van der Waals surface area contributed by atoms with Crippen LogP contribution in [-0.4, -0.2) is 19.4 Å². The monoisotopic (exact) mass is 424 g/mol. The topological polar surface area (TPSA) is 98.9 Å². The van der Waals surface area contributed by atoms with Gasteiger partial charge in [0.15, 0.2) is 0 Å². The van der Waals surface area contributed by atoms with Crippen LogP contribution in [0.3, 0.4) is 0 Å². The third-order valence-electron chi connectivity index (χ3n) is 5.44. The van der Waals surface area contributed by atoms with Gasteiger partial charge in [0.05, 0.1) is 22.6 Å². The quantitative estimate of drug-likeness (QED) is 0.445. The van der Waals surface area contributed by atoms with Gasteiger partial charge < -0.3 is 10.3 Å². The fourth-order valence-corrected chi connectivity index (χ4v) is 3.93. The van der Waals surface area contributed by atoms with E-state index in [1.54, 1.807) is 12.3 Å². The van der Waals surface area contributed by atoms with Crippen molar-refractivity contribution >= 4 is 22.4 Å². The number of nitrogens with one attached hydrogen (secondary N) is 2. The molecule has 5 rings (SSSR count). The van der Waals surface area contributed by atoms with Gasteiger partial charge in [-0.1, -0.05) is 30.3 Å². The normalized spacial score (nSPS) is 12.0. The molecule has 156 valence electrons. The van der Waals surface area contributed by atoms with Crippen molar-refractivity contribution < 1.29 is 4.39 Å². The summed E-state index contributed by atoms with van der Waals surface area (Å²) in [7, 11) is 0. The molecule has 0 radical (unpaired) electrons. The zero-order valence-corrected chi connectivity index (χ0v) is 17.0. The van der Waals surface area contributed by atoms with Gasteiger partial charge in [-0.15, -0.1) is 0 Å². The lowest BCUT2D eigenvalue weighted by atomic mass is 9.96. The zero-order valence-electron chi connectivity index (χ0n) is 17.0. The highest BCUT2D eigenvalue weighted by Crippen LogP contribution is 2.31. The van der Waals surface area contributed by atoms with Gasteiger partial charge in [-0.3, -0.25) is 9.20 Å². The minimum absolute atomic E-state index is 0.316. The van der Waals surface area contributed by atoms with E-state index in [1.165, 1.54) is 23.0 Å². The van der Waals surface area contributed by atoms with Crippen LogP contribution in [0.4, 0.5) is 10.2 Å². The van der Waals surface area contributed by atoms with Crippen molar-refractivity contribution in [1.29, 1.82) is 5.26 Å². The van der Waals surface area contributed by atoms with E-state index in [0.29, 0.717) is 33.5 Å². The van der Waals surface area contributed by atoms with Gasteiger partial charge in [-0.25, -0.2) is 14.4 Å². The van der Waals surface area contributed by atoms with E-state index in [9.17, 15) is 14.4 Å². The van der Waals surface area contributed by atoms with Crippen LogP contribution in [0.2, 0.25) is 0 Å². The summed E-state index contributed by atoms with van der Waals surface area (Å²) in [5.74, 6) is -0.00368. The number of halogens is 1. The van der Waals surface area contributed by atoms with Crippen LogP contribution in [0, 0.1) is 17.1 Å². The molecule has 0 saturated heterocycles. The predicted molar refractivity (Wildman–Crippen MR) is 120 cm³/mol. The third kappa shape index (κ3) is 3.17. The number of aromatic nitrogens is 4. The van der Waals surface area contributed by atoms with Crippen LogP contribution in [-0.2, 0) is 0 Å². The molecule has 0 fully saturated rings. The zero-order chi connectivity index (χ0) is 22.2. The summed E-state index contributed by atoms with van der Waals surface area (Å²) in [6.07, 6.45) is 4.19. The second-order valence-corrected chi connectivity index (χ2v) is 7.41. The fraction of sp³-hybridized carbons (Fsp3) is 0.0833. The maximum absolute atomic E-state index is 13.9. The molecule has 0 spiro atoms. The van der Waals surface area contributed by atoms with Gasteiger partial charge in [0.1, 0.15) is 29.7 Å². The molecule has 5 aromatic rings. The fourth-order valence-electron chi connectivity index (χ4n) is 3.93. The average molecular weight is 424 g/mol. The predicted octanol–water partition coefficient (Wildman–Crippen LogP) is 4.42. The Labute approximate surface area is 181 Å². The second kappa shape index (κ2) is 7.63. The maximum atomic E-state index is 13.9. The minimum atomic E-state index is -0.489. The highest BCUT2D eigenvalue weighted by molar-refractivity contribution is 5.92. The number of aromatic amines is 1. The Morgan fingerprint density at radius 1 is 1.19 bits per heavy atom. The Bertz CT molecular complexity index is 1570. The Hall–Kier alpha value is -4.51. The minimum Gasteiger partial charge on any atom is -0.363 e. The molecule has 1 aromatic carbocycles. The maximum Gasteiger partial charge on any atom is 0.263 e. The van der Waals surface area contributed by atoms with E-state index >= 15 is 0 Å². The van der Waals surface area contributed by atoms with Gasteiger partial charge in [-0.2, -0.15) is 5.26 Å². The van der Waals surface area contributed by atoms with Gasteiger partial charge in [0.2, 0.25) is 0 Å². The van der Waals surface area contributed by atoms with E-state index in [1.807, 2.05) is 43.3 Å². The first-order chi connectivity index (χ1) is 15.6. The molecule has 0 aliphatic carbocycles. The van der Waals surface area contributed by atoms with Crippen molar-refractivity contribution in [2.45, 2.75) is 13.0 Å². The van der Waals surface area contributed by atoms with Crippen LogP contribution in [0.1, 0.15) is 24.1 Å². The van der Waals surface area contributed by atoms with Crippen LogP contribution in [0.25, 0.3) is 27.7 Å². The molecule has 0 bridgehead atoms. The number of benzene rings is 1. The van der Waals surface area contributed by atoms with Crippen LogP contribution >= 0.6 is 0 Å². The molecule has 2 N–H and O–H groups in total. The smallest absolute Gasteiger partial charge is 0.263 e. The molecule has 0 amide bonds. The number of nitrogens with zero attached hydrogens (tertiary/aromatic N) is 4. The number of H-pyrrole nitrogens is 1. The molecule has 32 heavy (non-hydrogen) atoms. The molecule has 0 aliphatic heterocycles. The molecule has 4 aromatic heterocycles. The van der Waals surface area contributed by atoms with Crippen LogP contribution < -0.4 is 10.9 Å². The molecular weight excluding hydrogens is 407 g/mol. The molecule has 7 nitrogen and oxygen atoms in total. The highest BCUT2D eigenvalue weighted by Gasteiger charge is 2.20. The van der Waals surface area contributed by atoms with Crippen molar-refractivity contribution in [2.75, 3.05) is 5.32 Å². The summed E-state index contributed by atoms with van der Waals surface area (Å²) in [4.78, 5) is 24.9. The number of hydrogen-bond acceptors (Lipinski definition) is 5. The van der Waals surface area contributed by atoms with E-state index in [0.717, 1.165) is 11.1 Å². The number of hydrogen-bond donors (Lipinski definition) is 2. The number of fused-ring (bicyclic) bond motifs is 2. The molecule has 8 heteroatoms. The summed E-state index contributed by atoms with van der Waals surface area (Å²) in [6.45, 7) is 1.91. The first-order valence-electron chi connectivity index (χ1n) is 9.96. The van der Waals surface area contributed by atoms with E-state index in [4.69, 9.17) is 0 Å². The van der Waals surface area contributed by atoms with Gasteiger partial charge in [0, 0.05) is 17.9 Å². The standard InChI is InChI=1S/C24H17FN6O/c1-14(30-23-21-16(10-26)11-27-22(21)28-13-29-23)19-9-18-8-7-17(25)12-31(18)24(32)20(19)15-5-3-2-4-6-15/h2-9,11-14H,1H3,(H2,27,28,29,30).